The predicted octanol–water partition coefficient (Wildman–Crippen LogP) is 4.57. The van der Waals surface area contributed by atoms with E-state index in [1.54, 1.807) is 24.7 Å². The fourth-order valence-electron chi connectivity index (χ4n) is 2.57. The van der Waals surface area contributed by atoms with Gasteiger partial charge in [0.2, 0.25) is 5.88 Å². The van der Waals surface area contributed by atoms with Crippen molar-refractivity contribution in [3.05, 3.63) is 84.6 Å². The van der Waals surface area contributed by atoms with Crippen LogP contribution < -0.4 is 10.1 Å². The van der Waals surface area contributed by atoms with Crippen molar-refractivity contribution in [3.63, 3.8) is 0 Å². The van der Waals surface area contributed by atoms with Crippen LogP contribution in [0.1, 0.15) is 5.56 Å². The quantitative estimate of drug-likeness (QED) is 0.574. The number of nitrogens with one attached hydrogen (secondary N) is 1. The summed E-state index contributed by atoms with van der Waals surface area (Å²) in [5, 5.41) is 4.28. The molecule has 4 aromatic rings. The molecular formula is C20H15FN4O. The summed E-state index contributed by atoms with van der Waals surface area (Å²) in [6.45, 7) is 0.559. The van der Waals surface area contributed by atoms with Crippen molar-refractivity contribution in [2.75, 3.05) is 5.32 Å². The highest BCUT2D eigenvalue weighted by Gasteiger charge is 2.04. The second kappa shape index (κ2) is 7.14. The summed E-state index contributed by atoms with van der Waals surface area (Å²) in [5.41, 5.74) is 1.87. The molecule has 0 aliphatic heterocycles. The molecule has 1 N–H and O–H groups in total. The van der Waals surface area contributed by atoms with Crippen LogP contribution in [0.2, 0.25) is 0 Å². The molecule has 0 bridgehead atoms. The summed E-state index contributed by atoms with van der Waals surface area (Å²) in [6.07, 6.45) is 3.22. The van der Waals surface area contributed by atoms with E-state index in [1.807, 2.05) is 36.4 Å². The number of halogens is 1. The molecule has 0 atom stereocenters. The van der Waals surface area contributed by atoms with Gasteiger partial charge in [0.25, 0.3) is 0 Å². The maximum atomic E-state index is 13.0. The van der Waals surface area contributed by atoms with E-state index in [0.717, 1.165) is 22.3 Å². The van der Waals surface area contributed by atoms with Crippen molar-refractivity contribution >= 4 is 16.7 Å². The Balaban J connectivity index is 1.49. The zero-order valence-electron chi connectivity index (χ0n) is 13.8. The Morgan fingerprint density at radius 2 is 1.77 bits per heavy atom. The van der Waals surface area contributed by atoms with Gasteiger partial charge < -0.3 is 10.1 Å². The van der Waals surface area contributed by atoms with E-state index in [4.69, 9.17) is 4.74 Å². The lowest BCUT2D eigenvalue weighted by Crippen LogP contribution is -2.03. The highest BCUT2D eigenvalue weighted by Crippen LogP contribution is 2.22. The molecule has 0 saturated heterocycles. The number of para-hydroxylation sites is 1. The minimum Gasteiger partial charge on any atom is -0.439 e. The molecule has 0 unspecified atom stereocenters. The van der Waals surface area contributed by atoms with Gasteiger partial charge in [0, 0.05) is 24.2 Å². The van der Waals surface area contributed by atoms with Gasteiger partial charge in [0.15, 0.2) is 0 Å². The lowest BCUT2D eigenvalue weighted by Gasteiger charge is -2.09. The summed E-state index contributed by atoms with van der Waals surface area (Å²) >= 11 is 0. The number of anilines is 1. The maximum Gasteiger partial charge on any atom is 0.219 e. The molecule has 5 nitrogen and oxygen atoms in total. The Bertz CT molecular complexity index is 1030. The van der Waals surface area contributed by atoms with Gasteiger partial charge in [-0.25, -0.2) is 19.3 Å². The molecule has 6 heteroatoms. The monoisotopic (exact) mass is 346 g/mol. The molecule has 0 aliphatic rings. The average molecular weight is 346 g/mol. The van der Waals surface area contributed by atoms with Crippen molar-refractivity contribution in [1.82, 2.24) is 15.0 Å². The maximum absolute atomic E-state index is 13.0. The van der Waals surface area contributed by atoms with Crippen molar-refractivity contribution in [3.8, 4) is 11.6 Å². The SMILES string of the molecule is Fc1ccc(Oc2cc(CNc3ncnc4ccccc34)ccn2)cc1. The molecule has 2 aromatic heterocycles. The zero-order chi connectivity index (χ0) is 17.8. The third-order valence-corrected chi connectivity index (χ3v) is 3.84. The number of benzene rings is 2. The first-order valence-corrected chi connectivity index (χ1v) is 8.10. The van der Waals surface area contributed by atoms with E-state index in [1.165, 1.54) is 12.1 Å². The molecule has 0 saturated carbocycles. The van der Waals surface area contributed by atoms with Crippen molar-refractivity contribution in [1.29, 1.82) is 0 Å². The first-order valence-electron chi connectivity index (χ1n) is 8.10. The molecule has 0 radical (unpaired) electrons. The van der Waals surface area contributed by atoms with E-state index >= 15 is 0 Å². The first kappa shape index (κ1) is 16.0. The van der Waals surface area contributed by atoms with Crippen LogP contribution in [0.4, 0.5) is 10.2 Å². The lowest BCUT2D eigenvalue weighted by molar-refractivity contribution is 0.460. The Morgan fingerprint density at radius 3 is 2.65 bits per heavy atom. The fraction of sp³-hybridized carbons (Fsp3) is 0.0500. The minimum atomic E-state index is -0.305. The molecule has 2 aromatic carbocycles. The Labute approximate surface area is 149 Å². The molecular weight excluding hydrogens is 331 g/mol. The number of ether oxygens (including phenoxy) is 1. The van der Waals surface area contributed by atoms with Crippen molar-refractivity contribution in [2.24, 2.45) is 0 Å². The van der Waals surface area contributed by atoms with Crippen LogP contribution in [0.25, 0.3) is 10.9 Å². The molecule has 128 valence electrons. The van der Waals surface area contributed by atoms with E-state index in [-0.39, 0.29) is 5.82 Å². The summed E-state index contributed by atoms with van der Waals surface area (Å²) < 4.78 is 18.6. The second-order valence-corrected chi connectivity index (χ2v) is 5.65. The summed E-state index contributed by atoms with van der Waals surface area (Å²) in [5.74, 6) is 1.45. The molecule has 4 rings (SSSR count). The zero-order valence-corrected chi connectivity index (χ0v) is 13.8. The number of aromatic nitrogens is 3. The van der Waals surface area contributed by atoms with Crippen molar-refractivity contribution in [2.45, 2.75) is 6.54 Å². The van der Waals surface area contributed by atoms with Crippen LogP contribution in [0.3, 0.4) is 0 Å². The van der Waals surface area contributed by atoms with Gasteiger partial charge in [-0.05, 0) is 48.0 Å². The van der Waals surface area contributed by atoms with Crippen LogP contribution >= 0.6 is 0 Å². The first-order chi connectivity index (χ1) is 12.8. The molecule has 0 amide bonds. The Kier molecular flexibility index (Phi) is 4.38. The van der Waals surface area contributed by atoms with Gasteiger partial charge >= 0.3 is 0 Å². The van der Waals surface area contributed by atoms with E-state index in [9.17, 15) is 4.39 Å². The largest absolute Gasteiger partial charge is 0.439 e. The standard InChI is InChI=1S/C20H15FN4O/c21-15-5-7-16(8-6-15)26-19-11-14(9-10-22-19)12-23-20-17-3-1-2-4-18(17)24-13-25-20/h1-11,13H,12H2,(H,23,24,25). The number of hydrogen-bond acceptors (Lipinski definition) is 5. The van der Waals surface area contributed by atoms with Gasteiger partial charge in [0.05, 0.1) is 5.52 Å². The molecule has 0 aliphatic carbocycles. The molecule has 26 heavy (non-hydrogen) atoms. The van der Waals surface area contributed by atoms with Crippen LogP contribution in [0, 0.1) is 5.82 Å². The highest BCUT2D eigenvalue weighted by atomic mass is 19.1. The van der Waals surface area contributed by atoms with E-state index < -0.39 is 0 Å². The normalized spacial score (nSPS) is 10.7. The number of nitrogens with zero attached hydrogens (tertiary/aromatic N) is 3. The number of fused-ring (bicyclic) bond motifs is 1. The van der Waals surface area contributed by atoms with Gasteiger partial charge in [-0.15, -0.1) is 0 Å². The fourth-order valence-corrected chi connectivity index (χ4v) is 2.57. The summed E-state index contributed by atoms with van der Waals surface area (Å²) in [6, 6.07) is 17.4. The smallest absolute Gasteiger partial charge is 0.219 e. The van der Waals surface area contributed by atoms with Gasteiger partial charge in [0.1, 0.15) is 23.7 Å². The number of pyridine rings is 1. The third kappa shape index (κ3) is 3.59. The van der Waals surface area contributed by atoms with Gasteiger partial charge in [-0.1, -0.05) is 12.1 Å². The summed E-state index contributed by atoms with van der Waals surface area (Å²) in [4.78, 5) is 12.8. The average Bonchev–Trinajstić information content (AvgIpc) is 2.68. The predicted molar refractivity (Wildman–Crippen MR) is 97.6 cm³/mol. The van der Waals surface area contributed by atoms with Gasteiger partial charge in [-0.3, -0.25) is 0 Å². The van der Waals surface area contributed by atoms with Crippen LogP contribution in [0.5, 0.6) is 11.6 Å². The van der Waals surface area contributed by atoms with Gasteiger partial charge in [-0.2, -0.15) is 0 Å². The third-order valence-electron chi connectivity index (χ3n) is 3.84. The van der Waals surface area contributed by atoms with E-state index in [2.05, 4.69) is 20.3 Å². The Morgan fingerprint density at radius 1 is 0.923 bits per heavy atom. The minimum absolute atomic E-state index is 0.305. The molecule has 0 spiro atoms. The molecule has 2 heterocycles. The van der Waals surface area contributed by atoms with Crippen LogP contribution in [-0.2, 0) is 6.54 Å². The number of hydrogen-bond donors (Lipinski definition) is 1. The topological polar surface area (TPSA) is 59.9 Å². The Hall–Kier alpha value is -3.54. The van der Waals surface area contributed by atoms with Crippen LogP contribution in [-0.4, -0.2) is 15.0 Å². The second-order valence-electron chi connectivity index (χ2n) is 5.65. The highest BCUT2D eigenvalue weighted by molar-refractivity contribution is 5.88. The lowest BCUT2D eigenvalue weighted by atomic mass is 10.2. The number of rotatable bonds is 5. The summed E-state index contributed by atoms with van der Waals surface area (Å²) in [7, 11) is 0. The van der Waals surface area contributed by atoms with E-state index in [0.29, 0.717) is 18.2 Å². The van der Waals surface area contributed by atoms with Crippen LogP contribution in [0.15, 0.2) is 73.2 Å². The molecule has 0 fully saturated rings. The van der Waals surface area contributed by atoms with Crippen molar-refractivity contribution < 1.29 is 9.13 Å².